The van der Waals surface area contributed by atoms with Crippen molar-refractivity contribution in [2.24, 2.45) is 0 Å². The first-order valence-corrected chi connectivity index (χ1v) is 12.8. The van der Waals surface area contributed by atoms with Crippen molar-refractivity contribution in [1.29, 1.82) is 0 Å². The second kappa shape index (κ2) is 21.1. The van der Waals surface area contributed by atoms with Crippen LogP contribution in [0, 0.1) is 0 Å². The summed E-state index contributed by atoms with van der Waals surface area (Å²) in [4.78, 5) is 0. The van der Waals surface area contributed by atoms with Crippen LogP contribution in [0.3, 0.4) is 0 Å². The predicted molar refractivity (Wildman–Crippen MR) is 164 cm³/mol. The van der Waals surface area contributed by atoms with Gasteiger partial charge in [-0.3, -0.25) is 0 Å². The zero-order valence-electron chi connectivity index (χ0n) is 23.9. The maximum absolute atomic E-state index is 8.99. The minimum absolute atomic E-state index is 0.0966. The van der Waals surface area contributed by atoms with Gasteiger partial charge in [-0.05, 0) is 73.8 Å². The summed E-state index contributed by atoms with van der Waals surface area (Å²) in [6.07, 6.45) is 37.8. The highest BCUT2D eigenvalue weighted by atomic mass is 16.3. The normalized spacial score (nSPS) is 15.6. The fraction of sp³-hybridized carbons (Fsp3) is 0.314. The van der Waals surface area contributed by atoms with Gasteiger partial charge in [0.05, 0.1) is 6.61 Å². The van der Waals surface area contributed by atoms with Gasteiger partial charge >= 0.3 is 0 Å². The Bertz CT molecular complexity index is 1010. The Kier molecular flexibility index (Phi) is 19.3. The van der Waals surface area contributed by atoms with Gasteiger partial charge in [0.15, 0.2) is 0 Å². The summed E-state index contributed by atoms with van der Waals surface area (Å²) in [5, 5.41) is 8.99. The number of rotatable bonds is 14. The van der Waals surface area contributed by atoms with Gasteiger partial charge in [-0.15, -0.1) is 0 Å². The zero-order chi connectivity index (χ0) is 27.2. The average molecular weight is 485 g/mol. The van der Waals surface area contributed by atoms with Crippen LogP contribution in [0.25, 0.3) is 0 Å². The van der Waals surface area contributed by atoms with E-state index in [4.69, 9.17) is 5.11 Å². The molecule has 0 aromatic heterocycles. The number of hydrogen-bond donors (Lipinski definition) is 1. The molecule has 36 heavy (non-hydrogen) atoms. The van der Waals surface area contributed by atoms with Crippen molar-refractivity contribution >= 4 is 0 Å². The zero-order valence-corrected chi connectivity index (χ0v) is 23.9. The van der Waals surface area contributed by atoms with Crippen LogP contribution in [0.4, 0.5) is 0 Å². The summed E-state index contributed by atoms with van der Waals surface area (Å²) in [7, 11) is 0. The average Bonchev–Trinajstić information content (AvgIpc) is 2.81. The Morgan fingerprint density at radius 3 is 1.22 bits per heavy atom. The second-order valence-corrected chi connectivity index (χ2v) is 9.47. The largest absolute Gasteiger partial charge is 0.392 e. The number of hydrogen-bond acceptors (Lipinski definition) is 1. The van der Waals surface area contributed by atoms with Crippen LogP contribution in [-0.4, -0.2) is 11.7 Å². The molecule has 1 nitrogen and oxygen atoms in total. The lowest BCUT2D eigenvalue weighted by Crippen LogP contribution is -1.81. The van der Waals surface area contributed by atoms with Crippen molar-refractivity contribution < 1.29 is 5.11 Å². The maximum atomic E-state index is 8.99. The molecule has 194 valence electrons. The first-order valence-electron chi connectivity index (χ1n) is 12.8. The van der Waals surface area contributed by atoms with E-state index in [1.165, 1.54) is 27.9 Å². The molecule has 0 aliphatic carbocycles. The van der Waals surface area contributed by atoms with Crippen molar-refractivity contribution in [1.82, 2.24) is 0 Å². The van der Waals surface area contributed by atoms with E-state index in [2.05, 4.69) is 134 Å². The quantitative estimate of drug-likeness (QED) is 0.192. The van der Waals surface area contributed by atoms with Crippen molar-refractivity contribution in [3.05, 3.63) is 142 Å². The molecule has 1 N–H and O–H groups in total. The molecule has 1 heteroatoms. The molecule has 0 bridgehead atoms. The fourth-order valence-corrected chi connectivity index (χ4v) is 2.79. The highest BCUT2D eigenvalue weighted by Gasteiger charge is 1.87. The van der Waals surface area contributed by atoms with Crippen LogP contribution in [0.1, 0.15) is 68.2 Å². The van der Waals surface area contributed by atoms with Crippen LogP contribution < -0.4 is 0 Å². The van der Waals surface area contributed by atoms with Crippen LogP contribution in [0.5, 0.6) is 0 Å². The molecule has 0 aliphatic rings. The summed E-state index contributed by atoms with van der Waals surface area (Å²) in [5.74, 6) is 0. The number of aliphatic hydroxyl groups excluding tert-OH is 1. The van der Waals surface area contributed by atoms with Crippen molar-refractivity contribution in [3.63, 3.8) is 0 Å². The van der Waals surface area contributed by atoms with E-state index in [0.29, 0.717) is 0 Å². The third kappa shape index (κ3) is 21.4. The van der Waals surface area contributed by atoms with Gasteiger partial charge < -0.3 is 5.11 Å². The van der Waals surface area contributed by atoms with Gasteiger partial charge in [-0.1, -0.05) is 137 Å². The van der Waals surface area contributed by atoms with Gasteiger partial charge in [0.1, 0.15) is 0 Å². The molecule has 0 aliphatic heterocycles. The van der Waals surface area contributed by atoms with E-state index in [0.717, 1.165) is 24.0 Å². The predicted octanol–water partition coefficient (Wildman–Crippen LogP) is 10.2. The Labute approximate surface area is 222 Å². The van der Waals surface area contributed by atoms with Gasteiger partial charge in [-0.25, -0.2) is 0 Å². The molecule has 0 fully saturated rings. The molecule has 0 saturated heterocycles. The Morgan fingerprint density at radius 2 is 0.833 bits per heavy atom. The second-order valence-electron chi connectivity index (χ2n) is 9.47. The molecule has 0 aromatic rings. The topological polar surface area (TPSA) is 20.2 Å². The summed E-state index contributed by atoms with van der Waals surface area (Å²) >= 11 is 0. The molecule has 0 radical (unpaired) electrons. The van der Waals surface area contributed by atoms with Crippen LogP contribution >= 0.6 is 0 Å². The van der Waals surface area contributed by atoms with E-state index in [-0.39, 0.29) is 6.61 Å². The molecular weight excluding hydrogens is 436 g/mol. The van der Waals surface area contributed by atoms with Crippen molar-refractivity contribution in [2.75, 3.05) is 6.61 Å². The molecule has 0 aromatic carbocycles. The molecule has 0 saturated carbocycles. The van der Waals surface area contributed by atoms with Gasteiger partial charge in [-0.2, -0.15) is 0 Å². The third-order valence-electron chi connectivity index (χ3n) is 5.09. The van der Waals surface area contributed by atoms with Gasteiger partial charge in [0.25, 0.3) is 0 Å². The minimum atomic E-state index is 0.0966. The van der Waals surface area contributed by atoms with Crippen LogP contribution in [-0.2, 0) is 0 Å². The first kappa shape index (κ1) is 32.8. The fourth-order valence-electron chi connectivity index (χ4n) is 2.79. The Balaban J connectivity index is 4.69. The molecule has 0 amide bonds. The summed E-state index contributed by atoms with van der Waals surface area (Å²) in [6.45, 7) is 16.9. The van der Waals surface area contributed by atoms with Crippen molar-refractivity contribution in [3.8, 4) is 0 Å². The SMILES string of the molecule is CC(C)=CCC/C(C)=C/C=C/C(C)=C/C=C/C(C)=C/C=C/C=C(C)/C=C/C=C(C)/C=C/C=C(\C)CO. The summed E-state index contributed by atoms with van der Waals surface area (Å²) < 4.78 is 0. The highest BCUT2D eigenvalue weighted by Crippen LogP contribution is 2.08. The Hall–Kier alpha value is -3.16. The van der Waals surface area contributed by atoms with Crippen LogP contribution in [0.2, 0.25) is 0 Å². The molecule has 0 unspecified atom stereocenters. The molecule has 0 rings (SSSR count). The van der Waals surface area contributed by atoms with Gasteiger partial charge in [0, 0.05) is 0 Å². The highest BCUT2D eigenvalue weighted by molar-refractivity contribution is 5.32. The molecule has 0 spiro atoms. The number of allylic oxidation sites excluding steroid dienone is 23. The third-order valence-corrected chi connectivity index (χ3v) is 5.09. The minimum Gasteiger partial charge on any atom is -0.392 e. The molecule has 0 atom stereocenters. The smallest absolute Gasteiger partial charge is 0.0642 e. The van der Waals surface area contributed by atoms with Gasteiger partial charge in [0.2, 0.25) is 0 Å². The summed E-state index contributed by atoms with van der Waals surface area (Å²) in [6, 6.07) is 0. The maximum Gasteiger partial charge on any atom is 0.0642 e. The van der Waals surface area contributed by atoms with E-state index >= 15 is 0 Å². The Morgan fingerprint density at radius 1 is 0.472 bits per heavy atom. The summed E-state index contributed by atoms with van der Waals surface area (Å²) in [5.41, 5.74) is 8.50. The van der Waals surface area contributed by atoms with Crippen molar-refractivity contribution in [2.45, 2.75) is 68.2 Å². The molecular formula is C35H48O. The monoisotopic (exact) mass is 484 g/mol. The van der Waals surface area contributed by atoms with E-state index in [1.54, 1.807) is 0 Å². The first-order chi connectivity index (χ1) is 17.1. The lowest BCUT2D eigenvalue weighted by Gasteiger charge is -1.96. The van der Waals surface area contributed by atoms with E-state index < -0.39 is 0 Å². The lowest BCUT2D eigenvalue weighted by atomic mass is 10.1. The van der Waals surface area contributed by atoms with E-state index in [1.807, 2.05) is 25.2 Å². The van der Waals surface area contributed by atoms with Crippen LogP contribution in [0.15, 0.2) is 142 Å². The molecule has 0 heterocycles. The lowest BCUT2D eigenvalue weighted by molar-refractivity contribution is 0.331. The number of aliphatic hydroxyl groups is 1. The van der Waals surface area contributed by atoms with E-state index in [9.17, 15) is 0 Å². The standard InChI is InChI=1S/C35H48O/c1-29(2)16-11-19-32(5)22-14-25-33(6)23-12-20-30(3)17-9-10-18-31(4)21-13-24-34(7)26-15-27-35(8)28-36/h9-10,12-18,20-27,36H,11,19,28H2,1-8H3/b10-9+,20-12+,21-13+,25-14+,26-15+,30-17+,31-18+,32-22+,33-23+,34-24+,35-27+.